The molecule has 0 atom stereocenters. The van der Waals surface area contributed by atoms with Gasteiger partial charge in [0.25, 0.3) is 0 Å². The van der Waals surface area contributed by atoms with Crippen LogP contribution in [0.1, 0.15) is 6.42 Å². The monoisotopic (exact) mass is 183 g/mol. The van der Waals surface area contributed by atoms with Crippen molar-refractivity contribution in [2.24, 2.45) is 5.73 Å². The Morgan fingerprint density at radius 2 is 1.92 bits per heavy atom. The van der Waals surface area contributed by atoms with Gasteiger partial charge in [0.05, 0.1) is 0 Å². The smallest absolute Gasteiger partial charge is 0.0134 e. The fourth-order valence-corrected chi connectivity index (χ4v) is 1.49. The summed E-state index contributed by atoms with van der Waals surface area (Å²) in [7, 11) is 2.18. The van der Waals surface area contributed by atoms with Gasteiger partial charge in [0.15, 0.2) is 0 Å². The zero-order valence-electron chi connectivity index (χ0n) is 8.63. The molecule has 1 saturated heterocycles. The Labute approximate surface area is 81.2 Å². The number of piperazine rings is 1. The lowest BCUT2D eigenvalue weighted by molar-refractivity contribution is 0.155. The van der Waals surface area contributed by atoms with Crippen LogP contribution in [0.2, 0.25) is 0 Å². The molecule has 76 valence electrons. The van der Waals surface area contributed by atoms with Crippen LogP contribution in [-0.4, -0.2) is 56.1 Å². The van der Waals surface area contributed by atoms with Crippen LogP contribution in [0.5, 0.6) is 0 Å². The fraction of sp³-hybridized carbons (Fsp3) is 0.800. The van der Waals surface area contributed by atoms with E-state index in [2.05, 4.69) is 23.4 Å². The first-order valence-electron chi connectivity index (χ1n) is 5.00. The van der Waals surface area contributed by atoms with Crippen LogP contribution in [0, 0.1) is 0 Å². The molecule has 1 rings (SSSR count). The Morgan fingerprint density at radius 1 is 1.31 bits per heavy atom. The molecule has 1 fully saturated rings. The van der Waals surface area contributed by atoms with Gasteiger partial charge in [0, 0.05) is 39.3 Å². The quantitative estimate of drug-likeness (QED) is 0.629. The first-order valence-corrected chi connectivity index (χ1v) is 5.00. The average molecular weight is 183 g/mol. The van der Waals surface area contributed by atoms with Crippen molar-refractivity contribution >= 4 is 0 Å². The van der Waals surface area contributed by atoms with Crippen LogP contribution in [0.15, 0.2) is 12.2 Å². The Balaban J connectivity index is 2.12. The molecular weight excluding hydrogens is 162 g/mol. The maximum atomic E-state index is 5.48. The largest absolute Gasteiger partial charge is 0.327 e. The number of hydrogen-bond acceptors (Lipinski definition) is 3. The van der Waals surface area contributed by atoms with Gasteiger partial charge in [-0.3, -0.25) is 0 Å². The Bertz CT molecular complexity index is 160. The Kier molecular flexibility index (Phi) is 4.42. The van der Waals surface area contributed by atoms with Gasteiger partial charge in [-0.2, -0.15) is 0 Å². The zero-order valence-corrected chi connectivity index (χ0v) is 8.63. The van der Waals surface area contributed by atoms with Crippen LogP contribution < -0.4 is 5.73 Å². The van der Waals surface area contributed by atoms with Crippen molar-refractivity contribution in [1.82, 2.24) is 9.80 Å². The van der Waals surface area contributed by atoms with E-state index in [4.69, 9.17) is 5.73 Å². The molecule has 13 heavy (non-hydrogen) atoms. The zero-order chi connectivity index (χ0) is 9.68. The molecule has 1 aliphatic heterocycles. The van der Waals surface area contributed by atoms with E-state index in [0.29, 0.717) is 6.54 Å². The maximum absolute atomic E-state index is 5.48. The molecule has 0 radical (unpaired) electrons. The molecule has 0 spiro atoms. The third-order valence-electron chi connectivity index (χ3n) is 2.67. The second-order valence-corrected chi connectivity index (χ2v) is 3.85. The first-order chi connectivity index (χ1) is 6.22. The summed E-state index contributed by atoms with van der Waals surface area (Å²) in [6.07, 6.45) is 1.06. The predicted octanol–water partition coefficient (Wildman–Crippen LogP) is 0.139. The Hall–Kier alpha value is -0.380. The minimum Gasteiger partial charge on any atom is -0.327 e. The van der Waals surface area contributed by atoms with Gasteiger partial charge in [-0.1, -0.05) is 12.2 Å². The highest BCUT2D eigenvalue weighted by Crippen LogP contribution is 2.03. The van der Waals surface area contributed by atoms with E-state index in [0.717, 1.165) is 13.0 Å². The van der Waals surface area contributed by atoms with Gasteiger partial charge in [0.1, 0.15) is 0 Å². The lowest BCUT2D eigenvalue weighted by Crippen LogP contribution is -2.44. The van der Waals surface area contributed by atoms with Gasteiger partial charge >= 0.3 is 0 Å². The summed E-state index contributed by atoms with van der Waals surface area (Å²) >= 11 is 0. The van der Waals surface area contributed by atoms with Gasteiger partial charge in [-0.25, -0.2) is 0 Å². The van der Waals surface area contributed by atoms with Crippen molar-refractivity contribution in [3.63, 3.8) is 0 Å². The summed E-state index contributed by atoms with van der Waals surface area (Å²) < 4.78 is 0. The van der Waals surface area contributed by atoms with E-state index in [1.165, 1.54) is 31.8 Å². The molecule has 1 aliphatic rings. The Morgan fingerprint density at radius 3 is 2.46 bits per heavy atom. The first kappa shape index (κ1) is 10.7. The van der Waals surface area contributed by atoms with Crippen molar-refractivity contribution in [3.8, 4) is 0 Å². The van der Waals surface area contributed by atoms with E-state index in [1.54, 1.807) is 0 Å². The maximum Gasteiger partial charge on any atom is 0.0134 e. The second kappa shape index (κ2) is 5.37. The van der Waals surface area contributed by atoms with Crippen LogP contribution in [0.25, 0.3) is 0 Å². The molecule has 0 aliphatic carbocycles. The van der Waals surface area contributed by atoms with Crippen molar-refractivity contribution in [1.29, 1.82) is 0 Å². The lowest BCUT2D eigenvalue weighted by Gasteiger charge is -2.32. The molecule has 0 aromatic carbocycles. The second-order valence-electron chi connectivity index (χ2n) is 3.85. The number of rotatable bonds is 4. The summed E-state index contributed by atoms with van der Waals surface area (Å²) in [5, 5.41) is 0. The van der Waals surface area contributed by atoms with E-state index < -0.39 is 0 Å². The molecule has 3 nitrogen and oxygen atoms in total. The van der Waals surface area contributed by atoms with Crippen LogP contribution in [0.4, 0.5) is 0 Å². The molecule has 2 N–H and O–H groups in total. The van der Waals surface area contributed by atoms with Gasteiger partial charge in [-0.15, -0.1) is 0 Å². The van der Waals surface area contributed by atoms with E-state index in [-0.39, 0.29) is 0 Å². The summed E-state index contributed by atoms with van der Waals surface area (Å²) in [6, 6.07) is 0. The fourth-order valence-electron chi connectivity index (χ4n) is 1.49. The number of nitrogens with zero attached hydrogens (tertiary/aromatic N) is 2. The van der Waals surface area contributed by atoms with Crippen LogP contribution in [0.3, 0.4) is 0 Å². The third-order valence-corrected chi connectivity index (χ3v) is 2.67. The number of nitrogens with two attached hydrogens (primary N) is 1. The van der Waals surface area contributed by atoms with Crippen molar-refractivity contribution in [3.05, 3.63) is 12.2 Å². The average Bonchev–Trinajstić information content (AvgIpc) is 2.16. The van der Waals surface area contributed by atoms with E-state index in [1.807, 2.05) is 0 Å². The van der Waals surface area contributed by atoms with Crippen LogP contribution in [-0.2, 0) is 0 Å². The molecular formula is C10H21N3. The molecule has 0 bridgehead atoms. The van der Waals surface area contributed by atoms with Crippen molar-refractivity contribution in [2.75, 3.05) is 46.3 Å². The van der Waals surface area contributed by atoms with E-state index >= 15 is 0 Å². The summed E-state index contributed by atoms with van der Waals surface area (Å²) in [6.45, 7) is 10.4. The minimum atomic E-state index is 0.633. The highest BCUT2D eigenvalue weighted by atomic mass is 15.2. The van der Waals surface area contributed by atoms with Gasteiger partial charge < -0.3 is 15.5 Å². The van der Waals surface area contributed by atoms with Crippen LogP contribution >= 0.6 is 0 Å². The predicted molar refractivity (Wildman–Crippen MR) is 56.7 cm³/mol. The molecule has 0 unspecified atom stereocenters. The molecule has 0 aromatic rings. The molecule has 3 heteroatoms. The summed E-state index contributed by atoms with van der Waals surface area (Å²) in [5.74, 6) is 0. The lowest BCUT2D eigenvalue weighted by atomic mass is 10.2. The number of hydrogen-bond donors (Lipinski definition) is 1. The summed E-state index contributed by atoms with van der Waals surface area (Å²) in [5.41, 5.74) is 6.65. The highest BCUT2D eigenvalue weighted by molar-refractivity contribution is 4.96. The molecule has 0 saturated carbocycles. The third kappa shape index (κ3) is 3.89. The number of likely N-dealkylation sites (N-methyl/N-ethyl adjacent to an activating group) is 1. The van der Waals surface area contributed by atoms with Gasteiger partial charge in [0.2, 0.25) is 0 Å². The van der Waals surface area contributed by atoms with Gasteiger partial charge in [-0.05, 0) is 13.5 Å². The van der Waals surface area contributed by atoms with E-state index in [9.17, 15) is 0 Å². The van der Waals surface area contributed by atoms with Crippen molar-refractivity contribution in [2.45, 2.75) is 6.42 Å². The SMILES string of the molecule is C=C(CN)CCN1CCN(C)CC1. The minimum absolute atomic E-state index is 0.633. The molecule has 1 heterocycles. The summed E-state index contributed by atoms with van der Waals surface area (Å²) in [4.78, 5) is 4.86. The standard InChI is InChI=1S/C10H21N3/c1-10(9-11)3-4-13-7-5-12(2)6-8-13/h1,3-9,11H2,2H3. The molecule has 0 aromatic heterocycles. The normalized spacial score (nSPS) is 20.5. The van der Waals surface area contributed by atoms with Crippen molar-refractivity contribution < 1.29 is 0 Å². The molecule has 0 amide bonds. The highest BCUT2D eigenvalue weighted by Gasteiger charge is 2.12. The topological polar surface area (TPSA) is 32.5 Å².